The molecule has 0 aliphatic heterocycles. The quantitative estimate of drug-likeness (QED) is 0.333. The number of ether oxygens (including phenoxy) is 2. The summed E-state index contributed by atoms with van der Waals surface area (Å²) in [4.78, 5) is 0.565. The Balaban J connectivity index is 1.37. The summed E-state index contributed by atoms with van der Waals surface area (Å²) in [5.41, 5.74) is 3.55. The lowest BCUT2D eigenvalue weighted by molar-refractivity contribution is 0.414. The third kappa shape index (κ3) is 5.32. The molecule has 0 fully saturated rings. The maximum Gasteiger partial charge on any atom is 0.240 e. The van der Waals surface area contributed by atoms with Crippen molar-refractivity contribution in [2.45, 2.75) is 11.8 Å². The van der Waals surface area contributed by atoms with Gasteiger partial charge in [-0.2, -0.15) is 0 Å². The monoisotopic (exact) mass is 430 g/mol. The van der Waals surface area contributed by atoms with Crippen molar-refractivity contribution in [2.75, 3.05) is 7.11 Å². The van der Waals surface area contributed by atoms with Crippen LogP contribution < -0.4 is 13.7 Å². The van der Waals surface area contributed by atoms with Gasteiger partial charge in [0.2, 0.25) is 11.1 Å². The minimum atomic E-state index is -1.61. The predicted molar refractivity (Wildman–Crippen MR) is 123 cm³/mol. The van der Waals surface area contributed by atoms with Gasteiger partial charge in [0.05, 0.1) is 12.0 Å². The molecule has 0 amide bonds. The second-order valence-electron chi connectivity index (χ2n) is 6.96. The van der Waals surface area contributed by atoms with E-state index >= 15 is 0 Å². The summed E-state index contributed by atoms with van der Waals surface area (Å²) >= 11 is -1.61. The normalized spacial score (nSPS) is 11.5. The highest BCUT2D eigenvalue weighted by Gasteiger charge is 2.08. The second-order valence-corrected chi connectivity index (χ2v) is 8.06. The molecule has 0 heterocycles. The van der Waals surface area contributed by atoms with Crippen molar-refractivity contribution in [1.82, 2.24) is 0 Å². The van der Waals surface area contributed by atoms with Crippen LogP contribution in [-0.4, -0.2) is 11.3 Å². The zero-order valence-electron chi connectivity index (χ0n) is 17.3. The maximum absolute atomic E-state index is 12.4. The van der Waals surface area contributed by atoms with Crippen molar-refractivity contribution in [3.8, 4) is 34.1 Å². The van der Waals surface area contributed by atoms with Gasteiger partial charge in [-0.25, -0.2) is 4.21 Å². The van der Waals surface area contributed by atoms with E-state index in [-0.39, 0.29) is 0 Å². The van der Waals surface area contributed by atoms with Crippen molar-refractivity contribution in [2.24, 2.45) is 0 Å². The van der Waals surface area contributed by atoms with Gasteiger partial charge in [-0.05, 0) is 78.7 Å². The third-order valence-corrected chi connectivity index (χ3v) is 5.72. The molecule has 0 saturated heterocycles. The average Bonchev–Trinajstić information content (AvgIpc) is 2.81. The van der Waals surface area contributed by atoms with Gasteiger partial charge in [0, 0.05) is 0 Å². The van der Waals surface area contributed by atoms with E-state index < -0.39 is 11.1 Å². The molecule has 0 bridgehead atoms. The Bertz CT molecular complexity index is 1150. The first-order chi connectivity index (χ1) is 15.1. The molecule has 0 N–H and O–H groups in total. The predicted octanol–water partition coefficient (Wildman–Crippen LogP) is 6.56. The van der Waals surface area contributed by atoms with Crippen LogP contribution in [0, 0.1) is 6.92 Å². The fourth-order valence-electron chi connectivity index (χ4n) is 2.98. The van der Waals surface area contributed by atoms with Crippen molar-refractivity contribution in [3.05, 3.63) is 103 Å². The second kappa shape index (κ2) is 9.49. The fourth-order valence-corrected chi connectivity index (χ4v) is 3.72. The van der Waals surface area contributed by atoms with Crippen LogP contribution in [0.5, 0.6) is 23.0 Å². The van der Waals surface area contributed by atoms with Gasteiger partial charge in [-0.1, -0.05) is 42.0 Å². The Morgan fingerprint density at radius 1 is 0.581 bits per heavy atom. The minimum Gasteiger partial charge on any atom is -0.497 e. The molecular formula is C26H22O4S. The molecule has 0 aliphatic rings. The number of hydrogen-bond acceptors (Lipinski definition) is 4. The number of aryl methyl sites for hydroxylation is 1. The molecule has 4 rings (SSSR count). The Labute approximate surface area is 184 Å². The Hall–Kier alpha value is -3.57. The van der Waals surface area contributed by atoms with Crippen molar-refractivity contribution >= 4 is 11.1 Å². The lowest BCUT2D eigenvalue weighted by atomic mass is 10.0. The molecule has 0 spiro atoms. The largest absolute Gasteiger partial charge is 0.497 e. The molecule has 4 nitrogen and oxygen atoms in total. The summed E-state index contributed by atoms with van der Waals surface area (Å²) in [6, 6.07) is 30.4. The van der Waals surface area contributed by atoms with Gasteiger partial charge in [0.25, 0.3) is 0 Å². The molecule has 31 heavy (non-hydrogen) atoms. The van der Waals surface area contributed by atoms with E-state index in [1.54, 1.807) is 55.6 Å². The van der Waals surface area contributed by atoms with Crippen LogP contribution in [0.3, 0.4) is 0 Å². The van der Waals surface area contributed by atoms with E-state index in [4.69, 9.17) is 13.7 Å². The fraction of sp³-hybridized carbons (Fsp3) is 0.0769. The first-order valence-electron chi connectivity index (χ1n) is 9.80. The molecule has 0 aliphatic carbocycles. The minimum absolute atomic E-state index is 0.497. The molecule has 5 heteroatoms. The summed E-state index contributed by atoms with van der Waals surface area (Å²) in [6.45, 7) is 2.08. The van der Waals surface area contributed by atoms with E-state index in [1.807, 2.05) is 24.3 Å². The number of methoxy groups -OCH3 is 1. The van der Waals surface area contributed by atoms with Gasteiger partial charge < -0.3 is 13.7 Å². The summed E-state index contributed by atoms with van der Waals surface area (Å²) in [7, 11) is 1.59. The molecule has 0 saturated carbocycles. The van der Waals surface area contributed by atoms with E-state index in [9.17, 15) is 4.21 Å². The third-order valence-electron chi connectivity index (χ3n) is 4.72. The summed E-state index contributed by atoms with van der Waals surface area (Å²) in [5, 5.41) is 0. The lowest BCUT2D eigenvalue weighted by Crippen LogP contribution is -2.01. The van der Waals surface area contributed by atoms with Crippen LogP contribution in [0.1, 0.15) is 5.56 Å². The topological polar surface area (TPSA) is 44.8 Å². The molecule has 0 aromatic heterocycles. The zero-order valence-corrected chi connectivity index (χ0v) is 18.1. The van der Waals surface area contributed by atoms with Gasteiger partial charge in [-0.3, -0.25) is 0 Å². The lowest BCUT2D eigenvalue weighted by Gasteiger charge is -2.09. The van der Waals surface area contributed by atoms with Gasteiger partial charge in [-0.15, -0.1) is 0 Å². The smallest absolute Gasteiger partial charge is 0.240 e. The Kier molecular flexibility index (Phi) is 6.34. The molecule has 0 radical (unpaired) electrons. The van der Waals surface area contributed by atoms with E-state index in [0.717, 1.165) is 11.3 Å². The van der Waals surface area contributed by atoms with Crippen LogP contribution in [0.25, 0.3) is 11.1 Å². The van der Waals surface area contributed by atoms with Crippen LogP contribution in [0.4, 0.5) is 0 Å². The van der Waals surface area contributed by atoms with Crippen LogP contribution in [0.15, 0.2) is 102 Å². The number of rotatable bonds is 7. The number of benzene rings is 4. The maximum atomic E-state index is 12.4. The average molecular weight is 431 g/mol. The summed E-state index contributed by atoms with van der Waals surface area (Å²) < 4.78 is 28.9. The highest BCUT2D eigenvalue weighted by atomic mass is 32.2. The van der Waals surface area contributed by atoms with E-state index in [1.165, 1.54) is 11.1 Å². The molecule has 156 valence electrons. The first-order valence-corrected chi connectivity index (χ1v) is 10.9. The molecule has 1 atom stereocenters. The molecular weight excluding hydrogens is 408 g/mol. The summed E-state index contributed by atoms with van der Waals surface area (Å²) in [5.74, 6) is 2.61. The Morgan fingerprint density at radius 3 is 1.58 bits per heavy atom. The SMILES string of the molecule is COc1ccc(S(=O)Oc2ccc(Oc3ccc(-c4ccc(C)cc4)cc3)cc2)cc1. The van der Waals surface area contributed by atoms with Gasteiger partial charge in [0.1, 0.15) is 23.0 Å². The Morgan fingerprint density at radius 2 is 1.03 bits per heavy atom. The van der Waals surface area contributed by atoms with Gasteiger partial charge in [0.15, 0.2) is 0 Å². The van der Waals surface area contributed by atoms with E-state index in [2.05, 4.69) is 31.2 Å². The highest BCUT2D eigenvalue weighted by Crippen LogP contribution is 2.28. The van der Waals surface area contributed by atoms with Crippen LogP contribution in [0.2, 0.25) is 0 Å². The number of hydrogen-bond donors (Lipinski definition) is 0. The molecule has 4 aromatic rings. The standard InChI is InChI=1S/C26H22O4S/c1-19-3-5-20(6-4-19)21-7-9-23(10-8-21)29-24-11-13-25(14-12-24)30-31(27)26-17-15-22(28-2)16-18-26/h3-18H,1-2H3. The summed E-state index contributed by atoms with van der Waals surface area (Å²) in [6.07, 6.45) is 0. The van der Waals surface area contributed by atoms with Crippen molar-refractivity contribution in [1.29, 1.82) is 0 Å². The van der Waals surface area contributed by atoms with E-state index in [0.29, 0.717) is 22.1 Å². The zero-order chi connectivity index (χ0) is 21.6. The van der Waals surface area contributed by atoms with Crippen molar-refractivity contribution < 1.29 is 17.9 Å². The molecule has 1 unspecified atom stereocenters. The highest BCUT2D eigenvalue weighted by molar-refractivity contribution is 7.80. The first kappa shape index (κ1) is 20.7. The van der Waals surface area contributed by atoms with Crippen LogP contribution >= 0.6 is 0 Å². The van der Waals surface area contributed by atoms with Gasteiger partial charge >= 0.3 is 0 Å². The van der Waals surface area contributed by atoms with Crippen LogP contribution in [-0.2, 0) is 11.1 Å². The van der Waals surface area contributed by atoms with Crippen molar-refractivity contribution in [3.63, 3.8) is 0 Å². The molecule has 4 aromatic carbocycles.